The first-order valence-corrected chi connectivity index (χ1v) is 5.45. The summed E-state index contributed by atoms with van der Waals surface area (Å²) in [6, 6.07) is 3.44. The van der Waals surface area contributed by atoms with Gasteiger partial charge in [-0.05, 0) is 16.5 Å². The summed E-state index contributed by atoms with van der Waals surface area (Å²) in [5.74, 6) is 0. The largest absolute Gasteiger partial charge is 0.489 e. The van der Waals surface area contributed by atoms with Crippen molar-refractivity contribution in [3.63, 3.8) is 0 Å². The molecule has 0 aliphatic rings. The molecular formula is C11H16BClO3. The highest BCUT2D eigenvalue weighted by molar-refractivity contribution is 6.62. The molecular weight excluding hydrogens is 226 g/mol. The first-order valence-electron chi connectivity index (χ1n) is 5.07. The molecule has 0 heterocycles. The molecule has 0 spiro atoms. The molecule has 16 heavy (non-hydrogen) atoms. The van der Waals surface area contributed by atoms with E-state index in [0.717, 1.165) is 5.56 Å². The van der Waals surface area contributed by atoms with Gasteiger partial charge in [-0.3, -0.25) is 0 Å². The number of halogens is 1. The Morgan fingerprint density at radius 1 is 1.25 bits per heavy atom. The van der Waals surface area contributed by atoms with Crippen molar-refractivity contribution < 1.29 is 15.2 Å². The van der Waals surface area contributed by atoms with Gasteiger partial charge in [-0.1, -0.05) is 44.5 Å². The summed E-state index contributed by atoms with van der Waals surface area (Å²) in [4.78, 5) is 0. The maximum absolute atomic E-state index is 9.20. The van der Waals surface area contributed by atoms with Crippen molar-refractivity contribution in [2.45, 2.75) is 32.8 Å². The van der Waals surface area contributed by atoms with E-state index >= 15 is 0 Å². The van der Waals surface area contributed by atoms with Gasteiger partial charge in [-0.25, -0.2) is 0 Å². The van der Waals surface area contributed by atoms with E-state index in [4.69, 9.17) is 16.7 Å². The summed E-state index contributed by atoms with van der Waals surface area (Å²) in [5, 5.41) is 27.8. The van der Waals surface area contributed by atoms with Gasteiger partial charge in [0.15, 0.2) is 0 Å². The van der Waals surface area contributed by atoms with Gasteiger partial charge in [0.1, 0.15) is 0 Å². The highest BCUT2D eigenvalue weighted by Crippen LogP contribution is 2.25. The molecule has 1 aromatic rings. The number of aliphatic hydroxyl groups is 1. The standard InChI is InChI=1S/C11H16BClO3/c1-11(2,3)8-4-7(6-14)10(13)9(5-8)12(15)16/h4-5,14-16H,6H2,1-3H3. The smallest absolute Gasteiger partial charge is 0.423 e. The number of aliphatic hydroxyl groups excluding tert-OH is 1. The van der Waals surface area contributed by atoms with Crippen LogP contribution >= 0.6 is 11.6 Å². The molecule has 0 saturated carbocycles. The zero-order valence-corrected chi connectivity index (χ0v) is 10.4. The molecule has 1 rings (SSSR count). The van der Waals surface area contributed by atoms with Crippen LogP contribution in [-0.4, -0.2) is 22.3 Å². The van der Waals surface area contributed by atoms with Crippen LogP contribution < -0.4 is 5.46 Å². The molecule has 1 aromatic carbocycles. The van der Waals surface area contributed by atoms with E-state index in [0.29, 0.717) is 5.56 Å². The first-order chi connectivity index (χ1) is 7.27. The zero-order valence-electron chi connectivity index (χ0n) is 9.66. The fraction of sp³-hybridized carbons (Fsp3) is 0.455. The summed E-state index contributed by atoms with van der Waals surface area (Å²) >= 11 is 5.95. The van der Waals surface area contributed by atoms with Gasteiger partial charge in [-0.15, -0.1) is 0 Å². The fourth-order valence-electron chi connectivity index (χ4n) is 1.44. The van der Waals surface area contributed by atoms with Crippen LogP contribution in [0.2, 0.25) is 5.02 Å². The number of hydrogen-bond donors (Lipinski definition) is 3. The molecule has 0 amide bonds. The summed E-state index contributed by atoms with van der Waals surface area (Å²) < 4.78 is 0. The molecule has 0 aromatic heterocycles. The third-order valence-electron chi connectivity index (χ3n) is 2.49. The van der Waals surface area contributed by atoms with Crippen LogP contribution in [0.15, 0.2) is 12.1 Å². The Balaban J connectivity index is 3.40. The van der Waals surface area contributed by atoms with Gasteiger partial charge in [0.25, 0.3) is 0 Å². The normalized spacial score (nSPS) is 11.7. The molecule has 88 valence electrons. The summed E-state index contributed by atoms with van der Waals surface area (Å²) in [6.07, 6.45) is 0. The lowest BCUT2D eigenvalue weighted by Crippen LogP contribution is -2.33. The Morgan fingerprint density at radius 3 is 2.19 bits per heavy atom. The number of benzene rings is 1. The van der Waals surface area contributed by atoms with Crippen molar-refractivity contribution in [2.24, 2.45) is 0 Å². The van der Waals surface area contributed by atoms with Crippen molar-refractivity contribution in [2.75, 3.05) is 0 Å². The average molecular weight is 243 g/mol. The first kappa shape index (κ1) is 13.5. The minimum Gasteiger partial charge on any atom is -0.423 e. The lowest BCUT2D eigenvalue weighted by Gasteiger charge is -2.22. The molecule has 0 saturated heterocycles. The molecule has 0 unspecified atom stereocenters. The molecule has 0 aliphatic carbocycles. The molecule has 0 radical (unpaired) electrons. The van der Waals surface area contributed by atoms with E-state index in [1.54, 1.807) is 12.1 Å². The van der Waals surface area contributed by atoms with Crippen LogP contribution in [0.1, 0.15) is 31.9 Å². The highest BCUT2D eigenvalue weighted by atomic mass is 35.5. The molecule has 0 fully saturated rings. The summed E-state index contributed by atoms with van der Waals surface area (Å²) in [7, 11) is -1.62. The molecule has 3 N–H and O–H groups in total. The van der Waals surface area contributed by atoms with Crippen LogP contribution in [0.4, 0.5) is 0 Å². The summed E-state index contributed by atoms with van der Waals surface area (Å²) in [5.41, 5.74) is 1.51. The van der Waals surface area contributed by atoms with E-state index in [1.807, 2.05) is 20.8 Å². The highest BCUT2D eigenvalue weighted by Gasteiger charge is 2.23. The Kier molecular flexibility index (Phi) is 4.02. The van der Waals surface area contributed by atoms with E-state index in [9.17, 15) is 10.0 Å². The van der Waals surface area contributed by atoms with E-state index in [2.05, 4.69) is 0 Å². The number of rotatable bonds is 2. The minimum atomic E-state index is -1.62. The molecule has 3 nitrogen and oxygen atoms in total. The Bertz CT molecular complexity index is 386. The second kappa shape index (κ2) is 4.76. The fourth-order valence-corrected chi connectivity index (χ4v) is 1.71. The van der Waals surface area contributed by atoms with Crippen molar-refractivity contribution in [3.05, 3.63) is 28.3 Å². The summed E-state index contributed by atoms with van der Waals surface area (Å²) in [6.45, 7) is 5.79. The predicted molar refractivity (Wildman–Crippen MR) is 65.9 cm³/mol. The van der Waals surface area contributed by atoms with Gasteiger partial charge in [0.05, 0.1) is 6.61 Å². The zero-order chi connectivity index (χ0) is 12.5. The van der Waals surface area contributed by atoms with Gasteiger partial charge >= 0.3 is 7.12 Å². The van der Waals surface area contributed by atoms with Crippen molar-refractivity contribution >= 4 is 24.2 Å². The molecule has 0 aliphatic heterocycles. The Morgan fingerprint density at radius 2 is 1.81 bits per heavy atom. The van der Waals surface area contributed by atoms with Crippen LogP contribution in [0.5, 0.6) is 0 Å². The van der Waals surface area contributed by atoms with Crippen LogP contribution in [0.25, 0.3) is 0 Å². The van der Waals surface area contributed by atoms with Gasteiger partial charge in [0.2, 0.25) is 0 Å². The third-order valence-corrected chi connectivity index (χ3v) is 2.95. The predicted octanol–water partition coefficient (Wildman–Crippen LogP) is 0.810. The second-order valence-electron chi connectivity index (χ2n) is 4.82. The minimum absolute atomic E-state index is 0.141. The van der Waals surface area contributed by atoms with Gasteiger partial charge in [0, 0.05) is 10.5 Å². The lowest BCUT2D eigenvalue weighted by atomic mass is 9.75. The molecule has 0 bridgehead atoms. The molecule has 5 heteroatoms. The van der Waals surface area contributed by atoms with E-state index < -0.39 is 7.12 Å². The van der Waals surface area contributed by atoms with Crippen molar-refractivity contribution in [1.29, 1.82) is 0 Å². The SMILES string of the molecule is CC(C)(C)c1cc(CO)c(Cl)c(B(O)O)c1. The van der Waals surface area contributed by atoms with Gasteiger partial charge < -0.3 is 15.2 Å². The van der Waals surface area contributed by atoms with Crippen LogP contribution in [0.3, 0.4) is 0 Å². The second-order valence-corrected chi connectivity index (χ2v) is 5.20. The lowest BCUT2D eigenvalue weighted by molar-refractivity contribution is 0.281. The third kappa shape index (κ3) is 2.77. The maximum Gasteiger partial charge on any atom is 0.489 e. The van der Waals surface area contributed by atoms with Crippen LogP contribution in [-0.2, 0) is 12.0 Å². The van der Waals surface area contributed by atoms with Crippen molar-refractivity contribution in [3.8, 4) is 0 Å². The van der Waals surface area contributed by atoms with E-state index in [-0.39, 0.29) is 22.5 Å². The maximum atomic E-state index is 9.20. The van der Waals surface area contributed by atoms with Crippen LogP contribution in [0, 0.1) is 0 Å². The van der Waals surface area contributed by atoms with Gasteiger partial charge in [-0.2, -0.15) is 0 Å². The molecule has 0 atom stereocenters. The van der Waals surface area contributed by atoms with E-state index in [1.165, 1.54) is 0 Å². The topological polar surface area (TPSA) is 60.7 Å². The average Bonchev–Trinajstić information content (AvgIpc) is 2.15. The Labute approximate surface area is 101 Å². The Hall–Kier alpha value is -0.545. The quantitative estimate of drug-likeness (QED) is 0.673. The number of hydrogen-bond acceptors (Lipinski definition) is 3. The van der Waals surface area contributed by atoms with Crippen molar-refractivity contribution in [1.82, 2.24) is 0 Å². The monoisotopic (exact) mass is 242 g/mol.